The van der Waals surface area contributed by atoms with Crippen molar-refractivity contribution >= 4 is 0 Å². The van der Waals surface area contributed by atoms with Gasteiger partial charge in [0.15, 0.2) is 11.6 Å². The van der Waals surface area contributed by atoms with Crippen LogP contribution in [0.4, 0.5) is 4.39 Å². The van der Waals surface area contributed by atoms with Gasteiger partial charge in [-0.05, 0) is 17.7 Å². The Kier molecular flexibility index (Phi) is 4.70. The summed E-state index contributed by atoms with van der Waals surface area (Å²) in [7, 11) is 1.38. The summed E-state index contributed by atoms with van der Waals surface area (Å²) >= 11 is 0. The Morgan fingerprint density at radius 2 is 2.38 bits per heavy atom. The lowest BCUT2D eigenvalue weighted by Crippen LogP contribution is -2.23. The Morgan fingerprint density at radius 3 is 2.88 bits per heavy atom. The molecular formula is C11H13FN2O2. The van der Waals surface area contributed by atoms with Crippen molar-refractivity contribution in [3.05, 3.63) is 29.6 Å². The Bertz CT molecular complexity index is 390. The molecule has 0 aliphatic heterocycles. The number of aliphatic hydroxyl groups is 1. The minimum Gasteiger partial charge on any atom is -0.494 e. The molecule has 0 heterocycles. The van der Waals surface area contributed by atoms with Crippen LogP contribution in [-0.4, -0.2) is 25.4 Å². The van der Waals surface area contributed by atoms with E-state index in [1.54, 1.807) is 6.07 Å². The van der Waals surface area contributed by atoms with E-state index in [9.17, 15) is 4.39 Å². The van der Waals surface area contributed by atoms with E-state index >= 15 is 0 Å². The first-order chi connectivity index (χ1) is 7.72. The second kappa shape index (κ2) is 6.05. The molecule has 1 aromatic rings. The van der Waals surface area contributed by atoms with Crippen molar-refractivity contribution in [3.8, 4) is 11.8 Å². The van der Waals surface area contributed by atoms with Crippen molar-refractivity contribution in [3.63, 3.8) is 0 Å². The number of aliphatic hydroxyl groups excluding tert-OH is 1. The van der Waals surface area contributed by atoms with Crippen LogP contribution in [0.1, 0.15) is 11.6 Å². The van der Waals surface area contributed by atoms with Gasteiger partial charge in [-0.15, -0.1) is 0 Å². The van der Waals surface area contributed by atoms with E-state index in [0.717, 1.165) is 0 Å². The largest absolute Gasteiger partial charge is 0.494 e. The standard InChI is InChI=1S/C11H13FN2O2/c1-16-11-3-2-8(6-9(11)12)10(7-13)14-4-5-15/h2-3,6,10,14-15H,4-5H2,1H3. The summed E-state index contributed by atoms with van der Waals surface area (Å²) in [5, 5.41) is 20.3. The highest BCUT2D eigenvalue weighted by Gasteiger charge is 2.12. The highest BCUT2D eigenvalue weighted by molar-refractivity contribution is 5.33. The van der Waals surface area contributed by atoms with Crippen LogP contribution in [0, 0.1) is 17.1 Å². The average Bonchev–Trinajstić information content (AvgIpc) is 2.30. The molecule has 0 amide bonds. The van der Waals surface area contributed by atoms with Gasteiger partial charge in [0.05, 0.1) is 19.8 Å². The SMILES string of the molecule is COc1ccc(C(C#N)NCCO)cc1F. The molecule has 0 radical (unpaired) electrons. The maximum Gasteiger partial charge on any atom is 0.165 e. The van der Waals surface area contributed by atoms with E-state index in [4.69, 9.17) is 15.1 Å². The second-order valence-electron chi connectivity index (χ2n) is 3.13. The topological polar surface area (TPSA) is 65.3 Å². The summed E-state index contributed by atoms with van der Waals surface area (Å²) in [5.41, 5.74) is 0.509. The molecule has 0 saturated heterocycles. The van der Waals surface area contributed by atoms with Gasteiger partial charge in [-0.25, -0.2) is 4.39 Å². The van der Waals surface area contributed by atoms with E-state index in [1.807, 2.05) is 6.07 Å². The normalized spacial score (nSPS) is 11.9. The lowest BCUT2D eigenvalue weighted by Gasteiger charge is -2.11. The number of nitriles is 1. The molecule has 0 saturated carbocycles. The third kappa shape index (κ3) is 2.92. The number of hydrogen-bond acceptors (Lipinski definition) is 4. The zero-order chi connectivity index (χ0) is 12.0. The predicted molar refractivity (Wildman–Crippen MR) is 56.4 cm³/mol. The van der Waals surface area contributed by atoms with Crippen LogP contribution in [-0.2, 0) is 0 Å². The first-order valence-electron chi connectivity index (χ1n) is 4.80. The van der Waals surface area contributed by atoms with Gasteiger partial charge in [0.1, 0.15) is 6.04 Å². The van der Waals surface area contributed by atoms with Crippen LogP contribution < -0.4 is 10.1 Å². The van der Waals surface area contributed by atoms with E-state index in [0.29, 0.717) is 5.56 Å². The second-order valence-corrected chi connectivity index (χ2v) is 3.13. The molecule has 0 aliphatic rings. The fourth-order valence-corrected chi connectivity index (χ4v) is 1.31. The molecule has 16 heavy (non-hydrogen) atoms. The predicted octanol–water partition coefficient (Wildman–Crippen LogP) is 0.981. The number of nitrogens with zero attached hydrogens (tertiary/aromatic N) is 1. The number of benzene rings is 1. The molecule has 0 spiro atoms. The number of methoxy groups -OCH3 is 1. The lowest BCUT2D eigenvalue weighted by molar-refractivity contribution is 0.289. The van der Waals surface area contributed by atoms with E-state index in [-0.39, 0.29) is 18.9 Å². The van der Waals surface area contributed by atoms with Crippen LogP contribution in [0.3, 0.4) is 0 Å². The van der Waals surface area contributed by atoms with Crippen molar-refractivity contribution in [2.24, 2.45) is 0 Å². The summed E-state index contributed by atoms with van der Waals surface area (Å²) in [6.07, 6.45) is 0. The van der Waals surface area contributed by atoms with Crippen molar-refractivity contribution < 1.29 is 14.2 Å². The molecule has 1 rings (SSSR count). The quantitative estimate of drug-likeness (QED) is 0.782. The first kappa shape index (κ1) is 12.4. The first-order valence-corrected chi connectivity index (χ1v) is 4.80. The minimum absolute atomic E-state index is 0.0726. The number of nitrogens with one attached hydrogen (secondary N) is 1. The number of ether oxygens (including phenoxy) is 1. The summed E-state index contributed by atoms with van der Waals surface area (Å²) < 4.78 is 18.1. The molecule has 4 nitrogen and oxygen atoms in total. The van der Waals surface area contributed by atoms with Gasteiger partial charge in [-0.3, -0.25) is 5.32 Å². The van der Waals surface area contributed by atoms with Crippen LogP contribution in [0.5, 0.6) is 5.75 Å². The fourth-order valence-electron chi connectivity index (χ4n) is 1.31. The van der Waals surface area contributed by atoms with Crippen LogP contribution in [0.2, 0.25) is 0 Å². The summed E-state index contributed by atoms with van der Waals surface area (Å²) in [6.45, 7) is 0.211. The van der Waals surface area contributed by atoms with E-state index in [1.165, 1.54) is 19.2 Å². The third-order valence-corrected chi connectivity index (χ3v) is 2.10. The van der Waals surface area contributed by atoms with Crippen molar-refractivity contribution in [1.82, 2.24) is 5.32 Å². The van der Waals surface area contributed by atoms with Crippen molar-refractivity contribution in [1.29, 1.82) is 5.26 Å². The molecule has 0 bridgehead atoms. The van der Waals surface area contributed by atoms with Gasteiger partial charge in [-0.2, -0.15) is 5.26 Å². The maximum absolute atomic E-state index is 13.4. The number of hydrogen-bond donors (Lipinski definition) is 2. The van der Waals surface area contributed by atoms with E-state index in [2.05, 4.69) is 5.32 Å². The Morgan fingerprint density at radius 1 is 1.62 bits per heavy atom. The smallest absolute Gasteiger partial charge is 0.165 e. The summed E-state index contributed by atoms with van der Waals surface area (Å²) in [6, 6.07) is 5.68. The van der Waals surface area contributed by atoms with Crippen molar-refractivity contribution in [2.75, 3.05) is 20.3 Å². The molecular weight excluding hydrogens is 211 g/mol. The Labute approximate surface area is 93.3 Å². The molecule has 1 atom stereocenters. The highest BCUT2D eigenvalue weighted by atomic mass is 19.1. The molecule has 0 aliphatic carbocycles. The molecule has 0 fully saturated rings. The zero-order valence-electron chi connectivity index (χ0n) is 8.90. The molecule has 2 N–H and O–H groups in total. The maximum atomic E-state index is 13.4. The van der Waals surface area contributed by atoms with Gasteiger partial charge in [0.2, 0.25) is 0 Å². The third-order valence-electron chi connectivity index (χ3n) is 2.10. The van der Waals surface area contributed by atoms with Gasteiger partial charge in [0, 0.05) is 6.54 Å². The molecule has 5 heteroatoms. The van der Waals surface area contributed by atoms with Crippen LogP contribution >= 0.6 is 0 Å². The molecule has 1 aromatic carbocycles. The number of halogens is 1. The van der Waals surface area contributed by atoms with Crippen LogP contribution in [0.15, 0.2) is 18.2 Å². The van der Waals surface area contributed by atoms with Crippen LogP contribution in [0.25, 0.3) is 0 Å². The van der Waals surface area contributed by atoms with E-state index < -0.39 is 11.9 Å². The Balaban J connectivity index is 2.86. The number of rotatable bonds is 5. The lowest BCUT2D eigenvalue weighted by atomic mass is 10.1. The van der Waals surface area contributed by atoms with Crippen molar-refractivity contribution in [2.45, 2.75) is 6.04 Å². The molecule has 86 valence electrons. The molecule has 1 unspecified atom stereocenters. The summed E-state index contributed by atoms with van der Waals surface area (Å²) in [4.78, 5) is 0. The minimum atomic E-state index is -0.632. The van der Waals surface area contributed by atoms with Gasteiger partial charge in [0.25, 0.3) is 0 Å². The molecule has 0 aromatic heterocycles. The van der Waals surface area contributed by atoms with Gasteiger partial charge in [-0.1, -0.05) is 6.07 Å². The van der Waals surface area contributed by atoms with Gasteiger partial charge >= 0.3 is 0 Å². The Hall–Kier alpha value is -1.64. The zero-order valence-corrected chi connectivity index (χ0v) is 8.90. The van der Waals surface area contributed by atoms with Gasteiger partial charge < -0.3 is 9.84 Å². The average molecular weight is 224 g/mol. The monoisotopic (exact) mass is 224 g/mol. The summed E-state index contributed by atoms with van der Waals surface area (Å²) in [5.74, 6) is -0.367. The highest BCUT2D eigenvalue weighted by Crippen LogP contribution is 2.21. The fraction of sp³-hybridized carbons (Fsp3) is 0.364.